The third-order valence-electron chi connectivity index (χ3n) is 3.97. The zero-order chi connectivity index (χ0) is 18.6. The van der Waals surface area contributed by atoms with Crippen molar-refractivity contribution in [3.63, 3.8) is 0 Å². The van der Waals surface area contributed by atoms with Gasteiger partial charge in [-0.25, -0.2) is 4.98 Å². The summed E-state index contributed by atoms with van der Waals surface area (Å²) in [4.78, 5) is 8.73. The number of oxazole rings is 1. The van der Waals surface area contributed by atoms with E-state index in [4.69, 9.17) is 16.0 Å². The molecular formula is C22H15ClN2O2. The number of nitrogens with zero attached hydrogens (tertiary/aromatic N) is 2. The van der Waals surface area contributed by atoms with Crippen LogP contribution in [-0.2, 0) is 0 Å². The van der Waals surface area contributed by atoms with Gasteiger partial charge in [0, 0.05) is 17.3 Å². The summed E-state index contributed by atoms with van der Waals surface area (Å²) in [7, 11) is 0. The van der Waals surface area contributed by atoms with Crippen LogP contribution >= 0.6 is 11.6 Å². The standard InChI is InChI=1S/C22H15ClN2O2/c23-16-9-7-15(8-10-16)4-3-13-24-17-11-12-18(20(26)14-17)22-25-19-5-1-2-6-21(19)27-22/h1-14,26H. The van der Waals surface area contributed by atoms with E-state index >= 15 is 0 Å². The molecule has 4 aromatic rings. The molecule has 5 heteroatoms. The monoisotopic (exact) mass is 374 g/mol. The number of rotatable bonds is 4. The fraction of sp³-hybridized carbons (Fsp3) is 0. The van der Waals surface area contributed by atoms with Gasteiger partial charge in [-0.1, -0.05) is 41.9 Å². The molecule has 0 atom stereocenters. The lowest BCUT2D eigenvalue weighted by molar-refractivity contribution is 0.474. The fourth-order valence-electron chi connectivity index (χ4n) is 2.63. The maximum atomic E-state index is 10.3. The van der Waals surface area contributed by atoms with E-state index < -0.39 is 0 Å². The Hall–Kier alpha value is -3.37. The molecule has 1 aromatic heterocycles. The molecule has 0 aliphatic heterocycles. The summed E-state index contributed by atoms with van der Waals surface area (Å²) in [6.45, 7) is 0. The summed E-state index contributed by atoms with van der Waals surface area (Å²) < 4.78 is 5.70. The van der Waals surface area contributed by atoms with E-state index in [1.165, 1.54) is 0 Å². The van der Waals surface area contributed by atoms with E-state index in [0.29, 0.717) is 27.7 Å². The van der Waals surface area contributed by atoms with E-state index in [0.717, 1.165) is 11.1 Å². The largest absolute Gasteiger partial charge is 0.507 e. The lowest BCUT2D eigenvalue weighted by Gasteiger charge is -2.01. The highest BCUT2D eigenvalue weighted by atomic mass is 35.5. The average molecular weight is 375 g/mol. The van der Waals surface area contributed by atoms with Gasteiger partial charge in [0.25, 0.3) is 0 Å². The van der Waals surface area contributed by atoms with Crippen molar-refractivity contribution < 1.29 is 9.52 Å². The van der Waals surface area contributed by atoms with Crippen LogP contribution < -0.4 is 0 Å². The van der Waals surface area contributed by atoms with Crippen LogP contribution in [-0.4, -0.2) is 16.3 Å². The van der Waals surface area contributed by atoms with Crippen molar-refractivity contribution in [1.29, 1.82) is 0 Å². The maximum absolute atomic E-state index is 10.3. The molecule has 1 N–H and O–H groups in total. The van der Waals surface area contributed by atoms with Crippen molar-refractivity contribution in [2.75, 3.05) is 0 Å². The molecule has 1 heterocycles. The highest BCUT2D eigenvalue weighted by Gasteiger charge is 2.12. The van der Waals surface area contributed by atoms with Gasteiger partial charge in [0.1, 0.15) is 11.3 Å². The number of benzene rings is 3. The number of allylic oxidation sites excluding steroid dienone is 1. The molecule has 0 amide bonds. The number of aliphatic imine (C=N–C) groups is 1. The predicted molar refractivity (Wildman–Crippen MR) is 110 cm³/mol. The number of hydrogen-bond donors (Lipinski definition) is 1. The summed E-state index contributed by atoms with van der Waals surface area (Å²) in [6.07, 6.45) is 5.42. The van der Waals surface area contributed by atoms with Crippen LogP contribution in [0.15, 0.2) is 82.2 Å². The second-order valence-corrected chi connectivity index (χ2v) is 6.31. The normalized spacial score (nSPS) is 11.7. The first-order valence-corrected chi connectivity index (χ1v) is 8.72. The summed E-state index contributed by atoms with van der Waals surface area (Å²) in [5.41, 5.74) is 3.62. The average Bonchev–Trinajstić information content (AvgIpc) is 3.10. The Bertz CT molecular complexity index is 1110. The second kappa shape index (κ2) is 7.48. The predicted octanol–water partition coefficient (Wildman–Crippen LogP) is 6.27. The first kappa shape index (κ1) is 17.1. The molecule has 132 valence electrons. The number of halogens is 1. The quantitative estimate of drug-likeness (QED) is 0.428. The Morgan fingerprint density at radius 2 is 1.81 bits per heavy atom. The first-order chi connectivity index (χ1) is 13.2. The molecule has 0 saturated heterocycles. The van der Waals surface area contributed by atoms with Crippen LogP contribution in [0.1, 0.15) is 5.56 Å². The van der Waals surface area contributed by atoms with Crippen LogP contribution in [0.4, 0.5) is 5.69 Å². The van der Waals surface area contributed by atoms with Gasteiger partial charge in [0.15, 0.2) is 5.58 Å². The van der Waals surface area contributed by atoms with Gasteiger partial charge in [-0.15, -0.1) is 0 Å². The lowest BCUT2D eigenvalue weighted by atomic mass is 10.2. The Morgan fingerprint density at radius 1 is 1.00 bits per heavy atom. The van der Waals surface area contributed by atoms with Crippen molar-refractivity contribution in [3.05, 3.63) is 83.4 Å². The maximum Gasteiger partial charge on any atom is 0.231 e. The third kappa shape index (κ3) is 3.91. The highest BCUT2D eigenvalue weighted by Crippen LogP contribution is 2.33. The zero-order valence-electron chi connectivity index (χ0n) is 14.2. The van der Waals surface area contributed by atoms with Gasteiger partial charge in [-0.05, 0) is 48.0 Å². The van der Waals surface area contributed by atoms with Crippen molar-refractivity contribution in [2.24, 2.45) is 4.99 Å². The highest BCUT2D eigenvalue weighted by molar-refractivity contribution is 6.30. The number of phenolic OH excluding ortho intramolecular Hbond substituents is 1. The number of fused-ring (bicyclic) bond motifs is 1. The Labute approximate surface area is 161 Å². The molecule has 0 fully saturated rings. The molecule has 0 spiro atoms. The van der Waals surface area contributed by atoms with Crippen molar-refractivity contribution in [3.8, 4) is 17.2 Å². The molecule has 4 nitrogen and oxygen atoms in total. The van der Waals surface area contributed by atoms with E-state index in [-0.39, 0.29) is 5.75 Å². The minimum Gasteiger partial charge on any atom is -0.507 e. The summed E-state index contributed by atoms with van der Waals surface area (Å²) in [6, 6.07) is 20.1. The molecule has 0 aliphatic carbocycles. The third-order valence-corrected chi connectivity index (χ3v) is 4.23. The summed E-state index contributed by atoms with van der Waals surface area (Å²) in [5.74, 6) is 0.449. The smallest absolute Gasteiger partial charge is 0.231 e. The van der Waals surface area contributed by atoms with E-state index in [9.17, 15) is 5.11 Å². The molecule has 0 aliphatic rings. The molecule has 27 heavy (non-hydrogen) atoms. The first-order valence-electron chi connectivity index (χ1n) is 8.34. The van der Waals surface area contributed by atoms with Gasteiger partial charge in [0.05, 0.1) is 11.3 Å². The Morgan fingerprint density at radius 3 is 2.59 bits per heavy atom. The van der Waals surface area contributed by atoms with Gasteiger partial charge in [-0.3, -0.25) is 4.99 Å². The molecule has 0 radical (unpaired) electrons. The topological polar surface area (TPSA) is 58.6 Å². The number of hydrogen-bond acceptors (Lipinski definition) is 4. The Kier molecular flexibility index (Phi) is 4.73. The van der Waals surface area contributed by atoms with Crippen molar-refractivity contribution >= 4 is 40.7 Å². The summed E-state index contributed by atoms with van der Waals surface area (Å²) in [5, 5.41) is 11.0. The molecule has 0 saturated carbocycles. The number of aromatic hydroxyl groups is 1. The molecule has 3 aromatic carbocycles. The number of para-hydroxylation sites is 2. The van der Waals surface area contributed by atoms with E-state index in [2.05, 4.69) is 9.98 Å². The van der Waals surface area contributed by atoms with Crippen LogP contribution in [0.25, 0.3) is 28.6 Å². The van der Waals surface area contributed by atoms with Crippen molar-refractivity contribution in [1.82, 2.24) is 4.98 Å². The zero-order valence-corrected chi connectivity index (χ0v) is 15.0. The molecule has 0 unspecified atom stereocenters. The van der Waals surface area contributed by atoms with Gasteiger partial charge in [-0.2, -0.15) is 0 Å². The molecule has 4 rings (SSSR count). The summed E-state index contributed by atoms with van der Waals surface area (Å²) >= 11 is 5.86. The number of aromatic nitrogens is 1. The molecular weight excluding hydrogens is 360 g/mol. The molecule has 0 bridgehead atoms. The van der Waals surface area contributed by atoms with E-state index in [1.807, 2.05) is 60.7 Å². The minimum absolute atomic E-state index is 0.0675. The van der Waals surface area contributed by atoms with E-state index in [1.54, 1.807) is 24.4 Å². The Balaban J connectivity index is 1.52. The van der Waals surface area contributed by atoms with Crippen LogP contribution in [0, 0.1) is 0 Å². The van der Waals surface area contributed by atoms with Gasteiger partial charge in [0.2, 0.25) is 5.89 Å². The van der Waals surface area contributed by atoms with Gasteiger partial charge < -0.3 is 9.52 Å². The van der Waals surface area contributed by atoms with Crippen LogP contribution in [0.2, 0.25) is 5.02 Å². The van der Waals surface area contributed by atoms with Crippen LogP contribution in [0.5, 0.6) is 5.75 Å². The van der Waals surface area contributed by atoms with Crippen molar-refractivity contribution in [2.45, 2.75) is 0 Å². The minimum atomic E-state index is 0.0675. The van der Waals surface area contributed by atoms with Gasteiger partial charge >= 0.3 is 0 Å². The van der Waals surface area contributed by atoms with Crippen LogP contribution in [0.3, 0.4) is 0 Å². The SMILES string of the molecule is Oc1cc(N=CC=Cc2ccc(Cl)cc2)ccc1-c1nc2ccccc2o1. The lowest BCUT2D eigenvalue weighted by Crippen LogP contribution is -1.79. The number of phenols is 1. The fourth-order valence-corrected chi connectivity index (χ4v) is 2.75. The second-order valence-electron chi connectivity index (χ2n) is 5.88.